The number of alkyl halides is 3. The molecular formula is C19H32F3N9O2. The van der Waals surface area contributed by atoms with Gasteiger partial charge in [-0.1, -0.05) is 0 Å². The third-order valence-corrected chi connectivity index (χ3v) is 3.91. The summed E-state index contributed by atoms with van der Waals surface area (Å²) in [5, 5.41) is 7.36. The van der Waals surface area contributed by atoms with Gasteiger partial charge in [0, 0.05) is 17.6 Å². The van der Waals surface area contributed by atoms with Gasteiger partial charge in [-0.25, -0.2) is 4.98 Å². The van der Waals surface area contributed by atoms with Crippen molar-refractivity contribution in [3.63, 3.8) is 0 Å². The number of benzene rings is 1. The van der Waals surface area contributed by atoms with Crippen molar-refractivity contribution in [2.24, 2.45) is 21.5 Å². The molecule has 0 saturated heterocycles. The van der Waals surface area contributed by atoms with E-state index >= 15 is 0 Å². The summed E-state index contributed by atoms with van der Waals surface area (Å²) in [5.41, 5.74) is 10.8. The molecular weight excluding hydrogens is 443 g/mol. The first-order valence-electron chi connectivity index (χ1n) is 9.43. The van der Waals surface area contributed by atoms with Crippen molar-refractivity contribution >= 4 is 35.3 Å². The van der Waals surface area contributed by atoms with E-state index in [4.69, 9.17) is 16.2 Å². The summed E-state index contributed by atoms with van der Waals surface area (Å²) in [6.45, 7) is 1.35. The van der Waals surface area contributed by atoms with E-state index in [-0.39, 0.29) is 29.4 Å². The van der Waals surface area contributed by atoms with Crippen LogP contribution in [-0.2, 0) is 4.79 Å². The molecule has 2 rings (SSSR count). The van der Waals surface area contributed by atoms with E-state index in [2.05, 4.69) is 30.6 Å². The van der Waals surface area contributed by atoms with Gasteiger partial charge >= 0.3 is 6.18 Å². The van der Waals surface area contributed by atoms with E-state index < -0.39 is 24.2 Å². The maximum absolute atomic E-state index is 12.3. The SMILES string of the molecule is COc1ccc(NC(N)=NC(N)=Nc2nccc(NC(C)(C)C(=O)NCC(F)(F)F)n2)cc1.[HH].[HH].[HH].[HH]. The Kier molecular flexibility index (Phi) is 7.99. The van der Waals surface area contributed by atoms with E-state index in [1.165, 1.54) is 26.1 Å². The Morgan fingerprint density at radius 3 is 2.45 bits per heavy atom. The quantitative estimate of drug-likeness (QED) is 0.301. The van der Waals surface area contributed by atoms with Crippen molar-refractivity contribution in [1.29, 1.82) is 0 Å². The fourth-order valence-electron chi connectivity index (χ4n) is 2.35. The van der Waals surface area contributed by atoms with E-state index in [1.807, 2.05) is 5.32 Å². The molecule has 1 aromatic carbocycles. The van der Waals surface area contributed by atoms with Gasteiger partial charge in [0.05, 0.1) is 7.11 Å². The van der Waals surface area contributed by atoms with Gasteiger partial charge in [-0.2, -0.15) is 28.1 Å². The minimum Gasteiger partial charge on any atom is -0.497 e. The maximum Gasteiger partial charge on any atom is 0.405 e. The van der Waals surface area contributed by atoms with Crippen LogP contribution in [0.25, 0.3) is 0 Å². The van der Waals surface area contributed by atoms with Crippen molar-refractivity contribution in [1.82, 2.24) is 15.3 Å². The number of methoxy groups -OCH3 is 1. The summed E-state index contributed by atoms with van der Waals surface area (Å²) < 4.78 is 42.1. The Balaban J connectivity index is -0.00000289. The monoisotopic (exact) mass is 475 g/mol. The Morgan fingerprint density at radius 1 is 1.18 bits per heavy atom. The van der Waals surface area contributed by atoms with Gasteiger partial charge in [0.25, 0.3) is 5.95 Å². The number of carbonyl (C=O) groups excluding carboxylic acids is 1. The second kappa shape index (κ2) is 10.5. The summed E-state index contributed by atoms with van der Waals surface area (Å²) in [6.07, 6.45) is -3.20. The maximum atomic E-state index is 12.3. The van der Waals surface area contributed by atoms with Gasteiger partial charge in [-0.05, 0) is 44.2 Å². The topological polar surface area (TPSA) is 165 Å². The third kappa shape index (κ3) is 8.51. The molecule has 0 atom stereocenters. The molecule has 0 radical (unpaired) electrons. The highest BCUT2D eigenvalue weighted by molar-refractivity contribution is 6.01. The summed E-state index contributed by atoms with van der Waals surface area (Å²) >= 11 is 0. The van der Waals surface area contributed by atoms with Crippen LogP contribution in [0.5, 0.6) is 5.75 Å². The fraction of sp³-hybridized carbons (Fsp3) is 0.316. The number of hydrogen-bond acceptors (Lipinski definition) is 6. The summed E-state index contributed by atoms with van der Waals surface area (Å²) in [4.78, 5) is 27.9. The van der Waals surface area contributed by atoms with Crippen LogP contribution in [0.3, 0.4) is 0 Å². The number of halogens is 3. The number of anilines is 2. The van der Waals surface area contributed by atoms with Gasteiger partial charge in [0.1, 0.15) is 23.7 Å². The predicted octanol–water partition coefficient (Wildman–Crippen LogP) is 2.71. The average Bonchev–Trinajstić information content (AvgIpc) is 2.71. The van der Waals surface area contributed by atoms with Gasteiger partial charge in [-0.15, -0.1) is 0 Å². The molecule has 11 nitrogen and oxygen atoms in total. The molecule has 0 fully saturated rings. The molecule has 14 heteroatoms. The zero-order chi connectivity index (χ0) is 24.6. The van der Waals surface area contributed by atoms with Crippen LogP contribution in [-0.4, -0.2) is 53.2 Å². The highest BCUT2D eigenvalue weighted by Gasteiger charge is 2.33. The Labute approximate surface area is 193 Å². The highest BCUT2D eigenvalue weighted by atomic mass is 19.4. The number of carbonyl (C=O) groups is 1. The summed E-state index contributed by atoms with van der Waals surface area (Å²) in [6, 6.07) is 8.31. The molecule has 1 heterocycles. The van der Waals surface area contributed by atoms with Crippen LogP contribution in [0.2, 0.25) is 0 Å². The van der Waals surface area contributed by atoms with E-state index in [9.17, 15) is 18.0 Å². The lowest BCUT2D eigenvalue weighted by Crippen LogP contribution is -2.50. The number of ether oxygens (including phenoxy) is 1. The number of nitrogens with zero attached hydrogens (tertiary/aromatic N) is 4. The number of guanidine groups is 2. The van der Waals surface area contributed by atoms with Gasteiger partial charge < -0.3 is 32.2 Å². The standard InChI is InChI=1S/C19H24F3N9O2.4H2/c1-18(2,14(32)26-10-19(20,21)22)31-13-8-9-25-17(28-13)30-16(24)29-15(23)27-11-4-6-12(33-3)7-5-11;;;;/h4-9H,10H2,1-3H3,(H,26,32)(H6,23,24,25,27,28,29,30,31);4*1H. The summed E-state index contributed by atoms with van der Waals surface area (Å²) in [5.74, 6) is -0.471. The molecule has 0 saturated carbocycles. The molecule has 0 aliphatic heterocycles. The van der Waals surface area contributed by atoms with Crippen molar-refractivity contribution in [2.45, 2.75) is 25.6 Å². The molecule has 0 aliphatic rings. The lowest BCUT2D eigenvalue weighted by Gasteiger charge is -2.26. The largest absolute Gasteiger partial charge is 0.497 e. The Hall–Kier alpha value is -4.10. The van der Waals surface area contributed by atoms with Gasteiger partial charge in [0.15, 0.2) is 0 Å². The molecule has 33 heavy (non-hydrogen) atoms. The number of nitrogens with one attached hydrogen (secondary N) is 3. The van der Waals surface area contributed by atoms with Crippen LogP contribution in [0.4, 0.5) is 30.6 Å². The fourth-order valence-corrected chi connectivity index (χ4v) is 2.35. The molecule has 0 bridgehead atoms. The lowest BCUT2D eigenvalue weighted by atomic mass is 10.0. The van der Waals surface area contributed by atoms with Crippen molar-refractivity contribution in [2.75, 3.05) is 24.3 Å². The second-order valence-corrected chi connectivity index (χ2v) is 7.11. The van der Waals surface area contributed by atoms with E-state index in [0.29, 0.717) is 11.4 Å². The van der Waals surface area contributed by atoms with Crippen LogP contribution < -0.4 is 32.2 Å². The van der Waals surface area contributed by atoms with Crippen LogP contribution in [0.1, 0.15) is 19.6 Å². The van der Waals surface area contributed by atoms with Crippen molar-refractivity contribution in [3.8, 4) is 5.75 Å². The van der Waals surface area contributed by atoms with E-state index in [1.54, 1.807) is 31.4 Å². The van der Waals surface area contributed by atoms with Crippen molar-refractivity contribution < 1.29 is 28.4 Å². The summed E-state index contributed by atoms with van der Waals surface area (Å²) in [7, 11) is 1.55. The predicted molar refractivity (Wildman–Crippen MR) is 127 cm³/mol. The number of hydrogen-bond donors (Lipinski definition) is 5. The molecule has 7 N–H and O–H groups in total. The van der Waals surface area contributed by atoms with E-state index in [0.717, 1.165) is 0 Å². The Bertz CT molecular complexity index is 1040. The molecule has 1 aromatic heterocycles. The van der Waals surface area contributed by atoms with Crippen molar-refractivity contribution in [3.05, 3.63) is 36.5 Å². The first-order valence-corrected chi connectivity index (χ1v) is 9.43. The second-order valence-electron chi connectivity index (χ2n) is 7.11. The average molecular weight is 476 g/mol. The Morgan fingerprint density at radius 2 is 1.85 bits per heavy atom. The first-order chi connectivity index (χ1) is 15.4. The molecule has 0 aliphatic carbocycles. The first kappa shape index (κ1) is 25.2. The highest BCUT2D eigenvalue weighted by Crippen LogP contribution is 2.17. The number of rotatable bonds is 7. The van der Waals surface area contributed by atoms with Crippen LogP contribution in [0.15, 0.2) is 46.5 Å². The molecule has 186 valence electrons. The number of nitrogens with two attached hydrogens (primary N) is 2. The number of aliphatic imine (C=N–C) groups is 2. The molecule has 2 aromatic rings. The minimum absolute atomic E-state index is 0. The van der Waals surface area contributed by atoms with Crippen LogP contribution >= 0.6 is 0 Å². The normalized spacial score (nSPS) is 12.8. The number of amides is 1. The smallest absolute Gasteiger partial charge is 0.405 e. The van der Waals surface area contributed by atoms with Gasteiger partial charge in [-0.3, -0.25) is 4.79 Å². The molecule has 1 amide bonds. The minimum atomic E-state index is -4.52. The molecule has 0 unspecified atom stereocenters. The van der Waals surface area contributed by atoms with Gasteiger partial charge in [0.2, 0.25) is 17.8 Å². The lowest BCUT2D eigenvalue weighted by molar-refractivity contribution is -0.140. The van der Waals surface area contributed by atoms with Crippen LogP contribution in [0, 0.1) is 0 Å². The molecule has 0 spiro atoms. The third-order valence-electron chi connectivity index (χ3n) is 3.91. The zero-order valence-corrected chi connectivity index (χ0v) is 18.1. The number of aromatic nitrogens is 2. The zero-order valence-electron chi connectivity index (χ0n) is 18.1.